The fourth-order valence-corrected chi connectivity index (χ4v) is 2.07. The van der Waals surface area contributed by atoms with E-state index in [9.17, 15) is 20.0 Å². The number of hydrogen-bond acceptors (Lipinski definition) is 5. The van der Waals surface area contributed by atoms with Crippen LogP contribution in [-0.4, -0.2) is 49.1 Å². The van der Waals surface area contributed by atoms with Gasteiger partial charge in [-0.1, -0.05) is 6.92 Å². The monoisotopic (exact) mass is 284 g/mol. The highest BCUT2D eigenvalue weighted by Gasteiger charge is 2.34. The number of carboxylic acids is 1. The molecule has 1 rings (SSSR count). The smallest absolute Gasteiger partial charge is 0.342 e. The van der Waals surface area contributed by atoms with E-state index in [2.05, 4.69) is 4.98 Å². The molecule has 0 aromatic carbocycles. The lowest BCUT2D eigenvalue weighted by molar-refractivity contribution is -0.392. The van der Waals surface area contributed by atoms with E-state index < -0.39 is 16.4 Å². The molecule has 0 bridgehead atoms. The van der Waals surface area contributed by atoms with E-state index in [1.807, 2.05) is 6.92 Å². The zero-order valence-electron chi connectivity index (χ0n) is 12.2. The third-order valence-electron chi connectivity index (χ3n) is 3.51. The Balaban J connectivity index is 2.88. The summed E-state index contributed by atoms with van der Waals surface area (Å²) in [6.45, 7) is 8.05. The number of imidazole rings is 1. The molecule has 0 fully saturated rings. The van der Waals surface area contributed by atoms with Crippen LogP contribution in [0.15, 0.2) is 6.20 Å². The fourth-order valence-electron chi connectivity index (χ4n) is 2.07. The second-order valence-electron chi connectivity index (χ2n) is 5.02. The van der Waals surface area contributed by atoms with Gasteiger partial charge in [0.15, 0.2) is 5.82 Å². The molecule has 8 heteroatoms. The summed E-state index contributed by atoms with van der Waals surface area (Å²) in [5.41, 5.74) is -1.02. The van der Waals surface area contributed by atoms with Gasteiger partial charge in [0.25, 0.3) is 0 Å². The molecule has 0 amide bonds. The average molecular weight is 284 g/mol. The molecule has 0 saturated carbocycles. The van der Waals surface area contributed by atoms with Crippen LogP contribution in [-0.2, 0) is 11.3 Å². The summed E-state index contributed by atoms with van der Waals surface area (Å²) in [6, 6.07) is 0. The van der Waals surface area contributed by atoms with Gasteiger partial charge in [-0.15, -0.1) is 0 Å². The van der Waals surface area contributed by atoms with Gasteiger partial charge in [-0.3, -0.25) is 9.69 Å². The molecule has 1 N–H and O–H groups in total. The van der Waals surface area contributed by atoms with Crippen LogP contribution in [0.4, 0.5) is 5.82 Å². The van der Waals surface area contributed by atoms with E-state index in [1.54, 1.807) is 25.7 Å². The number of carbonyl (C=O) groups is 1. The summed E-state index contributed by atoms with van der Waals surface area (Å²) in [5, 5.41) is 20.1. The quantitative estimate of drug-likeness (QED) is 0.598. The molecule has 112 valence electrons. The predicted molar refractivity (Wildman–Crippen MR) is 72.6 cm³/mol. The number of hydrogen-bond donors (Lipinski definition) is 1. The molecule has 1 aromatic rings. The van der Waals surface area contributed by atoms with Gasteiger partial charge in [-0.05, 0) is 25.3 Å². The molecule has 1 aromatic heterocycles. The van der Waals surface area contributed by atoms with E-state index in [4.69, 9.17) is 0 Å². The fraction of sp³-hybridized carbons (Fsp3) is 0.667. The Hall–Kier alpha value is -1.96. The molecule has 1 heterocycles. The second kappa shape index (κ2) is 6.00. The molecule has 0 aliphatic carbocycles. The average Bonchev–Trinajstić information content (AvgIpc) is 2.71. The molecule has 20 heavy (non-hydrogen) atoms. The number of nitro groups is 1. The van der Waals surface area contributed by atoms with Crippen molar-refractivity contribution >= 4 is 11.8 Å². The number of aromatic nitrogens is 2. The van der Waals surface area contributed by atoms with E-state index in [0.29, 0.717) is 25.5 Å². The number of rotatable bonds is 7. The van der Waals surface area contributed by atoms with Crippen molar-refractivity contribution in [3.8, 4) is 0 Å². The van der Waals surface area contributed by atoms with E-state index in [1.165, 1.54) is 10.8 Å². The van der Waals surface area contributed by atoms with Crippen LogP contribution in [0.1, 0.15) is 26.6 Å². The summed E-state index contributed by atoms with van der Waals surface area (Å²) in [7, 11) is 0. The Kier molecular flexibility index (Phi) is 4.83. The third kappa shape index (κ3) is 3.13. The molecular formula is C12H20N4O4. The van der Waals surface area contributed by atoms with Gasteiger partial charge in [0.1, 0.15) is 18.3 Å². The van der Waals surface area contributed by atoms with Crippen LogP contribution in [0.3, 0.4) is 0 Å². The van der Waals surface area contributed by atoms with Gasteiger partial charge in [0, 0.05) is 13.5 Å². The van der Waals surface area contributed by atoms with Gasteiger partial charge in [-0.25, -0.2) is 9.55 Å². The minimum Gasteiger partial charge on any atom is -0.480 e. The van der Waals surface area contributed by atoms with Crippen molar-refractivity contribution in [2.75, 3.05) is 13.1 Å². The minimum absolute atomic E-state index is 0.0771. The number of aliphatic carboxylic acids is 1. The lowest BCUT2D eigenvalue weighted by Gasteiger charge is -2.33. The first-order valence-corrected chi connectivity index (χ1v) is 6.36. The number of nitrogens with zero attached hydrogens (tertiary/aromatic N) is 4. The minimum atomic E-state index is -1.02. The van der Waals surface area contributed by atoms with Crippen LogP contribution in [0.25, 0.3) is 0 Å². The van der Waals surface area contributed by atoms with Crippen molar-refractivity contribution in [1.29, 1.82) is 0 Å². The van der Waals surface area contributed by atoms with Gasteiger partial charge < -0.3 is 15.2 Å². The van der Waals surface area contributed by atoms with Crippen molar-refractivity contribution in [3.05, 3.63) is 22.1 Å². The standard InChI is InChI=1S/C12H20N4O4/c1-5-14(12(3,4)11(17)18)6-7-15-9(2)13-8-10(15)16(19)20/h8H,5-7H2,1-4H3,(H,17,18). The molecular weight excluding hydrogens is 264 g/mol. The molecule has 0 aliphatic rings. The summed E-state index contributed by atoms with van der Waals surface area (Å²) >= 11 is 0. The van der Waals surface area contributed by atoms with Gasteiger partial charge in [0.2, 0.25) is 0 Å². The molecule has 0 aliphatic heterocycles. The molecule has 0 atom stereocenters. The van der Waals surface area contributed by atoms with Crippen molar-refractivity contribution in [2.45, 2.75) is 39.8 Å². The van der Waals surface area contributed by atoms with E-state index in [0.717, 1.165) is 0 Å². The largest absolute Gasteiger partial charge is 0.480 e. The highest BCUT2D eigenvalue weighted by atomic mass is 16.6. The Morgan fingerprint density at radius 3 is 2.65 bits per heavy atom. The van der Waals surface area contributed by atoms with Crippen molar-refractivity contribution < 1.29 is 14.8 Å². The van der Waals surface area contributed by atoms with E-state index >= 15 is 0 Å². The van der Waals surface area contributed by atoms with Gasteiger partial charge >= 0.3 is 11.8 Å². The lowest BCUT2D eigenvalue weighted by atomic mass is 10.0. The normalized spacial score (nSPS) is 11.8. The van der Waals surface area contributed by atoms with Crippen molar-refractivity contribution in [2.24, 2.45) is 0 Å². The molecule has 0 unspecified atom stereocenters. The van der Waals surface area contributed by atoms with Gasteiger partial charge in [0.05, 0.1) is 0 Å². The maximum Gasteiger partial charge on any atom is 0.342 e. The molecule has 0 radical (unpaired) electrons. The molecule has 0 saturated heterocycles. The maximum atomic E-state index is 11.3. The van der Waals surface area contributed by atoms with Crippen LogP contribution in [0.2, 0.25) is 0 Å². The first-order valence-electron chi connectivity index (χ1n) is 6.36. The Morgan fingerprint density at radius 2 is 2.20 bits per heavy atom. The zero-order valence-corrected chi connectivity index (χ0v) is 12.2. The lowest BCUT2D eigenvalue weighted by Crippen LogP contribution is -2.51. The Morgan fingerprint density at radius 1 is 1.60 bits per heavy atom. The number of likely N-dealkylation sites (N-methyl/N-ethyl adjacent to an activating group) is 1. The maximum absolute atomic E-state index is 11.3. The van der Waals surface area contributed by atoms with Crippen LogP contribution in [0, 0.1) is 17.0 Å². The summed E-state index contributed by atoms with van der Waals surface area (Å²) in [5.74, 6) is -0.455. The molecule has 8 nitrogen and oxygen atoms in total. The number of carboxylic acid groups (broad SMARTS) is 1. The van der Waals surface area contributed by atoms with Crippen LogP contribution >= 0.6 is 0 Å². The second-order valence-corrected chi connectivity index (χ2v) is 5.02. The molecule has 0 spiro atoms. The number of aryl methyl sites for hydroxylation is 1. The highest BCUT2D eigenvalue weighted by molar-refractivity contribution is 5.77. The van der Waals surface area contributed by atoms with Gasteiger partial charge in [-0.2, -0.15) is 0 Å². The van der Waals surface area contributed by atoms with Crippen molar-refractivity contribution in [3.63, 3.8) is 0 Å². The SMILES string of the molecule is CCN(CCn1c([N+](=O)[O-])cnc1C)C(C)(C)C(=O)O. The summed E-state index contributed by atoms with van der Waals surface area (Å²) in [4.78, 5) is 27.3. The zero-order chi connectivity index (χ0) is 15.5. The van der Waals surface area contributed by atoms with Crippen molar-refractivity contribution in [1.82, 2.24) is 14.5 Å². The first-order chi connectivity index (χ1) is 9.21. The Labute approximate surface area is 117 Å². The summed E-state index contributed by atoms with van der Waals surface area (Å²) in [6.07, 6.45) is 1.22. The van der Waals surface area contributed by atoms with E-state index in [-0.39, 0.29) is 5.82 Å². The third-order valence-corrected chi connectivity index (χ3v) is 3.51. The summed E-state index contributed by atoms with van der Waals surface area (Å²) < 4.78 is 1.49. The first kappa shape index (κ1) is 16.1. The topological polar surface area (TPSA) is 102 Å². The Bertz CT molecular complexity index is 510. The predicted octanol–water partition coefficient (Wildman–Crippen LogP) is 1.28. The van der Waals surface area contributed by atoms with Crippen LogP contribution in [0.5, 0.6) is 0 Å². The van der Waals surface area contributed by atoms with Crippen LogP contribution < -0.4 is 0 Å². The highest BCUT2D eigenvalue weighted by Crippen LogP contribution is 2.17.